The molecule has 0 saturated carbocycles. The molecule has 4 aromatic carbocycles. The third kappa shape index (κ3) is 16.4. The van der Waals surface area contributed by atoms with E-state index in [1.165, 1.54) is 29.2 Å². The van der Waals surface area contributed by atoms with Crippen molar-refractivity contribution in [3.8, 4) is 22.6 Å². The van der Waals surface area contributed by atoms with E-state index in [9.17, 15) is 19.2 Å². The molecule has 0 fully saturated rings. The highest BCUT2D eigenvalue weighted by Gasteiger charge is 2.27. The maximum Gasteiger partial charge on any atom is 0.488 e. The van der Waals surface area contributed by atoms with Crippen molar-refractivity contribution in [3.05, 3.63) is 170 Å². The molecular weight excluding hydrogens is 1040 g/mol. The van der Waals surface area contributed by atoms with E-state index in [2.05, 4.69) is 36.5 Å². The van der Waals surface area contributed by atoms with Crippen LogP contribution < -0.4 is 37.0 Å². The van der Waals surface area contributed by atoms with Gasteiger partial charge in [-0.25, -0.2) is 9.97 Å². The van der Waals surface area contributed by atoms with Gasteiger partial charge >= 0.3 is 7.12 Å². The van der Waals surface area contributed by atoms with Crippen LogP contribution in [0.5, 0.6) is 11.5 Å². The van der Waals surface area contributed by atoms with Gasteiger partial charge < -0.3 is 51.4 Å². The van der Waals surface area contributed by atoms with Crippen molar-refractivity contribution >= 4 is 99.1 Å². The van der Waals surface area contributed by atoms with Gasteiger partial charge in [0, 0.05) is 92.3 Å². The summed E-state index contributed by atoms with van der Waals surface area (Å²) in [5.41, 5.74) is 18.1. The number of anilines is 2. The standard InChI is InChI=1S/C26H25ClN4O3.C17H15BrClN3O2.C9H12BNO3.CH4/c1-31(2)26(33)18-7-5-17(6-8-18)19-11-20-12-21(34-25(20)22(27)13-19)15-30-24(32)10-4-16-3-9-23(28)29-14-16;18-12-5-11-6-13(24-17(11)14(19)7-12)9-22-16(23)4-2-10-1-3-15(20)21-8-10;1-11(2)9(12)7-3-5-8(6-4-7)10(13)14;/h3-11,13-14,21H,12,15H2,1-2H3,(H2,28,29)(H,30,32);1-5,7-8,13H,6,9H2,(H2,20,21)(H,22,23);3-6,13-14H,1-2H3;1H4/b10-4+;4-2+;;. The summed E-state index contributed by atoms with van der Waals surface area (Å²) in [5.74, 6) is 1.64. The highest BCUT2D eigenvalue weighted by Crippen LogP contribution is 2.40. The Balaban J connectivity index is 0.000000220. The van der Waals surface area contributed by atoms with Gasteiger partial charge in [0.1, 0.15) is 35.3 Å². The normalized spacial score (nSPS) is 13.9. The molecule has 0 saturated heterocycles. The van der Waals surface area contributed by atoms with Crippen molar-refractivity contribution < 1.29 is 38.7 Å². The fourth-order valence-electron chi connectivity index (χ4n) is 7.17. The molecule has 2 atom stereocenters. The van der Waals surface area contributed by atoms with E-state index in [4.69, 9.17) is 54.2 Å². The first-order valence-corrected chi connectivity index (χ1v) is 23.9. The molecule has 20 heteroatoms. The van der Waals surface area contributed by atoms with Crippen molar-refractivity contribution in [3.63, 3.8) is 0 Å². The number of aromatic nitrogens is 2. The van der Waals surface area contributed by atoms with E-state index in [0.29, 0.717) is 75.7 Å². The van der Waals surface area contributed by atoms with Crippen molar-refractivity contribution in [1.82, 2.24) is 30.4 Å². The van der Waals surface area contributed by atoms with E-state index in [1.54, 1.807) is 100 Å². The van der Waals surface area contributed by atoms with E-state index >= 15 is 0 Å². The van der Waals surface area contributed by atoms with Gasteiger partial charge in [0.25, 0.3) is 11.8 Å². The lowest BCUT2D eigenvalue weighted by Crippen LogP contribution is -2.33. The zero-order valence-electron chi connectivity index (χ0n) is 39.7. The predicted octanol–water partition coefficient (Wildman–Crippen LogP) is 6.74. The number of ether oxygens (including phenoxy) is 2. The number of hydrogen-bond donors (Lipinski definition) is 6. The second-order valence-corrected chi connectivity index (χ2v) is 18.6. The van der Waals surface area contributed by atoms with Crippen molar-refractivity contribution in [2.45, 2.75) is 32.5 Å². The maximum atomic E-state index is 12.2. The number of benzene rings is 4. The second kappa shape index (κ2) is 26.5. The lowest BCUT2D eigenvalue weighted by Gasteiger charge is -2.12. The maximum absolute atomic E-state index is 12.2. The van der Waals surface area contributed by atoms with Gasteiger partial charge in [-0.2, -0.15) is 0 Å². The minimum Gasteiger partial charge on any atom is -0.486 e. The summed E-state index contributed by atoms with van der Waals surface area (Å²) in [6.07, 6.45) is 10.5. The first-order chi connectivity index (χ1) is 34.3. The number of carbonyl (C=O) groups excluding carboxylic acids is 4. The molecule has 2 aliphatic rings. The fraction of sp³-hybridized carbons (Fsp3) is 0.208. The number of carbonyl (C=O) groups is 4. The third-order valence-electron chi connectivity index (χ3n) is 10.9. The van der Waals surface area contributed by atoms with E-state index < -0.39 is 7.12 Å². The van der Waals surface area contributed by atoms with Crippen LogP contribution in [0.1, 0.15) is 50.4 Å². The number of nitrogens with two attached hydrogens (primary N) is 2. The largest absolute Gasteiger partial charge is 0.488 e. The molecular formula is C53H56BBrCl2N8O8. The average Bonchev–Trinajstić information content (AvgIpc) is 3.99. The summed E-state index contributed by atoms with van der Waals surface area (Å²) in [4.78, 5) is 58.6. The zero-order valence-corrected chi connectivity index (χ0v) is 42.8. The smallest absolute Gasteiger partial charge is 0.486 e. The van der Waals surface area contributed by atoms with E-state index in [1.807, 2.05) is 42.5 Å². The molecule has 8 rings (SSSR count). The number of nitrogen functional groups attached to an aromatic ring is 2. The van der Waals surface area contributed by atoms with Crippen molar-refractivity contribution in [1.29, 1.82) is 0 Å². The summed E-state index contributed by atoms with van der Waals surface area (Å²) in [6, 6.07) is 28.2. The molecule has 2 unspecified atom stereocenters. The van der Waals surface area contributed by atoms with Crippen LogP contribution in [0.3, 0.4) is 0 Å². The Kier molecular flexibility index (Phi) is 20.6. The SMILES string of the molecule is C.CN(C)C(=O)c1ccc(-c2cc(Cl)c3c(c2)CC(CNC(=O)/C=C/c2ccc(N)nc2)O3)cc1.CN(C)C(=O)c1ccc(B(O)O)cc1.Nc1ccc(/C=C/C(=O)NCC2Cc3cc(Br)cc(Cl)c3O2)cn1. The van der Waals surface area contributed by atoms with Crippen LogP contribution in [0.4, 0.5) is 11.6 Å². The van der Waals surface area contributed by atoms with Crippen LogP contribution in [0.15, 0.2) is 126 Å². The number of pyridine rings is 2. The monoisotopic (exact) mass is 1090 g/mol. The Labute approximate surface area is 443 Å². The Hall–Kier alpha value is -7.22. The zero-order chi connectivity index (χ0) is 52.1. The van der Waals surface area contributed by atoms with Gasteiger partial charge in [0.2, 0.25) is 11.8 Å². The van der Waals surface area contributed by atoms with Gasteiger partial charge in [-0.1, -0.05) is 70.8 Å². The lowest BCUT2D eigenvalue weighted by atomic mass is 9.80. The van der Waals surface area contributed by atoms with E-state index in [0.717, 1.165) is 37.9 Å². The molecule has 0 bridgehead atoms. The first-order valence-electron chi connectivity index (χ1n) is 22.3. The number of amides is 4. The average molecular weight is 1090 g/mol. The summed E-state index contributed by atoms with van der Waals surface area (Å²) in [6.45, 7) is 0.761. The van der Waals surface area contributed by atoms with Crippen molar-refractivity contribution in [2.24, 2.45) is 0 Å². The number of nitrogens with one attached hydrogen (secondary N) is 2. The topological polar surface area (TPSA) is 236 Å². The van der Waals surface area contributed by atoms with Crippen LogP contribution in [-0.2, 0) is 22.4 Å². The molecule has 73 heavy (non-hydrogen) atoms. The number of hydrogen-bond acceptors (Lipinski definition) is 12. The van der Waals surface area contributed by atoms with Crippen LogP contribution >= 0.6 is 39.1 Å². The number of fused-ring (bicyclic) bond motifs is 2. The first kappa shape index (κ1) is 56.7. The minimum atomic E-state index is -1.49. The molecule has 2 aromatic heterocycles. The Morgan fingerprint density at radius 2 is 1.11 bits per heavy atom. The molecule has 0 aliphatic carbocycles. The fourth-order valence-corrected chi connectivity index (χ4v) is 8.38. The predicted molar refractivity (Wildman–Crippen MR) is 293 cm³/mol. The molecule has 0 radical (unpaired) electrons. The molecule has 4 amide bonds. The number of nitrogens with zero attached hydrogens (tertiary/aromatic N) is 4. The molecule has 2 aliphatic heterocycles. The van der Waals surface area contributed by atoms with Crippen LogP contribution in [0.2, 0.25) is 10.0 Å². The highest BCUT2D eigenvalue weighted by atomic mass is 79.9. The lowest BCUT2D eigenvalue weighted by molar-refractivity contribution is -0.117. The minimum absolute atomic E-state index is 0. The number of rotatable bonds is 12. The van der Waals surface area contributed by atoms with Crippen LogP contribution in [0, 0.1) is 0 Å². The van der Waals surface area contributed by atoms with Crippen LogP contribution in [0.25, 0.3) is 23.3 Å². The Morgan fingerprint density at radius 3 is 1.53 bits per heavy atom. The van der Waals surface area contributed by atoms with Crippen LogP contribution in [-0.4, -0.2) is 114 Å². The number of halogens is 3. The third-order valence-corrected chi connectivity index (χ3v) is 11.9. The van der Waals surface area contributed by atoms with Gasteiger partial charge in [0.15, 0.2) is 0 Å². The quantitative estimate of drug-likeness (QED) is 0.0553. The van der Waals surface area contributed by atoms with Gasteiger partial charge in [-0.3, -0.25) is 19.2 Å². The highest BCUT2D eigenvalue weighted by molar-refractivity contribution is 9.10. The van der Waals surface area contributed by atoms with E-state index in [-0.39, 0.29) is 43.3 Å². The molecule has 380 valence electrons. The van der Waals surface area contributed by atoms with Gasteiger partial charge in [-0.05, 0) is 113 Å². The molecule has 16 nitrogen and oxygen atoms in total. The summed E-state index contributed by atoms with van der Waals surface area (Å²) < 4.78 is 12.7. The van der Waals surface area contributed by atoms with Crippen molar-refractivity contribution in [2.75, 3.05) is 52.7 Å². The van der Waals surface area contributed by atoms with Gasteiger partial charge in [0.05, 0.1) is 23.1 Å². The second-order valence-electron chi connectivity index (χ2n) is 16.9. The molecule has 8 N–H and O–H groups in total. The molecule has 4 heterocycles. The molecule has 6 aromatic rings. The molecule has 0 spiro atoms. The Morgan fingerprint density at radius 1 is 0.671 bits per heavy atom. The summed E-state index contributed by atoms with van der Waals surface area (Å²) >= 11 is 16.1. The van der Waals surface area contributed by atoms with Gasteiger partial charge in [-0.15, -0.1) is 0 Å². The summed E-state index contributed by atoms with van der Waals surface area (Å²) in [5, 5.41) is 24.4. The Bertz CT molecular complexity index is 2940. The summed E-state index contributed by atoms with van der Waals surface area (Å²) in [7, 11) is 5.29.